The van der Waals surface area contributed by atoms with Crippen molar-refractivity contribution in [1.29, 1.82) is 0 Å². The van der Waals surface area contributed by atoms with Crippen molar-refractivity contribution in [1.82, 2.24) is 4.90 Å². The van der Waals surface area contributed by atoms with E-state index < -0.39 is 5.82 Å². The van der Waals surface area contributed by atoms with Crippen LogP contribution < -0.4 is 10.6 Å². The fraction of sp³-hybridized carbons (Fsp3) is 0.529. The van der Waals surface area contributed by atoms with E-state index in [2.05, 4.69) is 0 Å². The monoisotopic (exact) mass is 321 g/mol. The zero-order valence-electron chi connectivity index (χ0n) is 13.9. The summed E-state index contributed by atoms with van der Waals surface area (Å²) in [7, 11) is 0. The molecule has 2 unspecified atom stereocenters. The quantitative estimate of drug-likeness (QED) is 0.857. The highest BCUT2D eigenvalue weighted by Crippen LogP contribution is 2.22. The average Bonchev–Trinajstić information content (AvgIpc) is 2.53. The van der Waals surface area contributed by atoms with E-state index in [-0.39, 0.29) is 23.7 Å². The topological polar surface area (TPSA) is 66.6 Å². The number of carbonyl (C=O) groups is 2. The van der Waals surface area contributed by atoms with Crippen molar-refractivity contribution in [2.75, 3.05) is 31.1 Å². The van der Waals surface area contributed by atoms with Crippen LogP contribution in [0, 0.1) is 11.7 Å². The maximum absolute atomic E-state index is 14.2. The molecule has 2 atom stereocenters. The third-order valence-electron chi connectivity index (χ3n) is 4.46. The lowest BCUT2D eigenvalue weighted by molar-refractivity contribution is -0.135. The van der Waals surface area contributed by atoms with Gasteiger partial charge in [0, 0.05) is 37.8 Å². The van der Waals surface area contributed by atoms with Gasteiger partial charge in [0.2, 0.25) is 5.91 Å². The number of rotatable bonds is 4. The highest BCUT2D eigenvalue weighted by atomic mass is 19.1. The molecule has 1 aromatic rings. The molecule has 1 aliphatic rings. The van der Waals surface area contributed by atoms with Crippen LogP contribution in [0.1, 0.15) is 31.1 Å². The standard InChI is InChI=1S/C17H24FN3O2/c1-11(12(2)19)17(23)21-8-6-20(7-9-21)16-5-4-14(13(3)22)10-15(16)18/h4-5,10-12H,6-9,19H2,1-3H3. The van der Waals surface area contributed by atoms with Crippen LogP contribution in [0.3, 0.4) is 0 Å². The third-order valence-corrected chi connectivity index (χ3v) is 4.46. The van der Waals surface area contributed by atoms with E-state index >= 15 is 0 Å². The van der Waals surface area contributed by atoms with Crippen LogP contribution in [0.15, 0.2) is 18.2 Å². The van der Waals surface area contributed by atoms with Crippen LogP contribution in [-0.2, 0) is 4.79 Å². The number of anilines is 1. The van der Waals surface area contributed by atoms with Crippen LogP contribution >= 0.6 is 0 Å². The number of hydrogen-bond acceptors (Lipinski definition) is 4. The van der Waals surface area contributed by atoms with Gasteiger partial charge in [0.05, 0.1) is 11.6 Å². The Balaban J connectivity index is 2.02. The highest BCUT2D eigenvalue weighted by molar-refractivity contribution is 5.94. The summed E-state index contributed by atoms with van der Waals surface area (Å²) in [5, 5.41) is 0. The number of nitrogens with zero attached hydrogens (tertiary/aromatic N) is 2. The zero-order chi connectivity index (χ0) is 17.1. The first-order chi connectivity index (χ1) is 10.8. The summed E-state index contributed by atoms with van der Waals surface area (Å²) < 4.78 is 14.2. The lowest BCUT2D eigenvalue weighted by Crippen LogP contribution is -2.52. The summed E-state index contributed by atoms with van der Waals surface area (Å²) in [5.74, 6) is -0.725. The molecule has 1 aliphatic heterocycles. The summed E-state index contributed by atoms with van der Waals surface area (Å²) in [6.07, 6.45) is 0. The van der Waals surface area contributed by atoms with Crippen LogP contribution in [0.4, 0.5) is 10.1 Å². The molecule has 23 heavy (non-hydrogen) atoms. The van der Waals surface area contributed by atoms with Gasteiger partial charge in [-0.25, -0.2) is 4.39 Å². The molecule has 126 valence electrons. The summed E-state index contributed by atoms with van der Waals surface area (Å²) in [5.41, 5.74) is 6.63. The molecule has 2 N–H and O–H groups in total. The molecule has 0 spiro atoms. The second-order valence-electron chi connectivity index (χ2n) is 6.18. The van der Waals surface area contributed by atoms with Gasteiger partial charge in [-0.2, -0.15) is 0 Å². The second kappa shape index (κ2) is 7.08. The predicted molar refractivity (Wildman–Crippen MR) is 88.0 cm³/mol. The van der Waals surface area contributed by atoms with Gasteiger partial charge in [0.25, 0.3) is 0 Å². The Morgan fingerprint density at radius 1 is 1.17 bits per heavy atom. The highest BCUT2D eigenvalue weighted by Gasteiger charge is 2.27. The fourth-order valence-corrected chi connectivity index (χ4v) is 2.66. The minimum atomic E-state index is -0.401. The van der Waals surface area contributed by atoms with Gasteiger partial charge >= 0.3 is 0 Å². The van der Waals surface area contributed by atoms with Crippen molar-refractivity contribution in [2.45, 2.75) is 26.8 Å². The zero-order valence-corrected chi connectivity index (χ0v) is 13.9. The Morgan fingerprint density at radius 2 is 1.78 bits per heavy atom. The van der Waals surface area contributed by atoms with Crippen molar-refractivity contribution >= 4 is 17.4 Å². The van der Waals surface area contributed by atoms with E-state index in [0.29, 0.717) is 37.4 Å². The van der Waals surface area contributed by atoms with E-state index in [1.54, 1.807) is 17.0 Å². The van der Waals surface area contributed by atoms with Crippen LogP contribution in [0.25, 0.3) is 0 Å². The Bertz CT molecular complexity index is 596. The van der Waals surface area contributed by atoms with Crippen molar-refractivity contribution in [3.63, 3.8) is 0 Å². The summed E-state index contributed by atoms with van der Waals surface area (Å²) >= 11 is 0. The van der Waals surface area contributed by atoms with E-state index in [1.165, 1.54) is 13.0 Å². The van der Waals surface area contributed by atoms with E-state index in [9.17, 15) is 14.0 Å². The Hall–Kier alpha value is -1.95. The van der Waals surface area contributed by atoms with Gasteiger partial charge in [0.1, 0.15) is 5.82 Å². The first kappa shape index (κ1) is 17.4. The van der Waals surface area contributed by atoms with E-state index in [4.69, 9.17) is 5.73 Å². The molecule has 0 aromatic heterocycles. The van der Waals surface area contributed by atoms with Gasteiger partial charge in [-0.3, -0.25) is 9.59 Å². The molecular weight excluding hydrogens is 297 g/mol. The lowest BCUT2D eigenvalue weighted by Gasteiger charge is -2.37. The number of piperazine rings is 1. The van der Waals surface area contributed by atoms with Gasteiger partial charge in [-0.15, -0.1) is 0 Å². The molecule has 1 fully saturated rings. The first-order valence-electron chi connectivity index (χ1n) is 7.91. The molecule has 0 saturated carbocycles. The lowest BCUT2D eigenvalue weighted by atomic mass is 10.0. The van der Waals surface area contributed by atoms with Crippen LogP contribution in [-0.4, -0.2) is 48.8 Å². The number of nitrogens with two attached hydrogens (primary N) is 1. The van der Waals surface area contributed by atoms with Gasteiger partial charge < -0.3 is 15.5 Å². The second-order valence-corrected chi connectivity index (χ2v) is 6.18. The largest absolute Gasteiger partial charge is 0.366 e. The predicted octanol–water partition coefficient (Wildman–Crippen LogP) is 1.66. The fourth-order valence-electron chi connectivity index (χ4n) is 2.66. The van der Waals surface area contributed by atoms with Crippen LogP contribution in [0.5, 0.6) is 0 Å². The number of halogens is 1. The summed E-state index contributed by atoms with van der Waals surface area (Å²) in [6, 6.07) is 4.36. The van der Waals surface area contributed by atoms with Gasteiger partial charge in [-0.05, 0) is 32.0 Å². The van der Waals surface area contributed by atoms with Crippen molar-refractivity contribution < 1.29 is 14.0 Å². The maximum Gasteiger partial charge on any atom is 0.227 e. The van der Waals surface area contributed by atoms with E-state index in [0.717, 1.165) is 0 Å². The maximum atomic E-state index is 14.2. The van der Waals surface area contributed by atoms with Gasteiger partial charge in [0.15, 0.2) is 5.78 Å². The summed E-state index contributed by atoms with van der Waals surface area (Å²) in [4.78, 5) is 27.3. The first-order valence-corrected chi connectivity index (χ1v) is 7.91. The Labute approximate surface area is 136 Å². The number of amides is 1. The van der Waals surface area contributed by atoms with Crippen molar-refractivity contribution in [2.24, 2.45) is 11.7 Å². The van der Waals surface area contributed by atoms with E-state index in [1.807, 2.05) is 18.7 Å². The molecule has 0 bridgehead atoms. The summed E-state index contributed by atoms with van der Waals surface area (Å²) in [6.45, 7) is 7.29. The molecule has 0 radical (unpaired) electrons. The Morgan fingerprint density at radius 3 is 2.26 bits per heavy atom. The molecule has 5 nitrogen and oxygen atoms in total. The average molecular weight is 321 g/mol. The molecule has 2 rings (SSSR count). The van der Waals surface area contributed by atoms with Crippen molar-refractivity contribution in [3.05, 3.63) is 29.6 Å². The van der Waals surface area contributed by atoms with Gasteiger partial charge in [-0.1, -0.05) is 6.92 Å². The number of Topliss-reactive ketones (excluding diaryl/α,β-unsaturated/α-hetero) is 1. The smallest absolute Gasteiger partial charge is 0.227 e. The molecule has 1 aromatic carbocycles. The SMILES string of the molecule is CC(=O)c1ccc(N2CCN(C(=O)C(C)C(C)N)CC2)c(F)c1. The Kier molecular flexibility index (Phi) is 5.36. The minimum absolute atomic E-state index is 0.0482. The molecule has 1 saturated heterocycles. The third kappa shape index (κ3) is 3.88. The van der Waals surface area contributed by atoms with Crippen LogP contribution in [0.2, 0.25) is 0 Å². The number of carbonyl (C=O) groups excluding carboxylic acids is 2. The number of ketones is 1. The number of hydrogen-bond donors (Lipinski definition) is 1. The number of benzene rings is 1. The molecule has 6 heteroatoms. The molecule has 1 heterocycles. The minimum Gasteiger partial charge on any atom is -0.366 e. The molecule has 0 aliphatic carbocycles. The molecule has 1 amide bonds. The van der Waals surface area contributed by atoms with Crippen molar-refractivity contribution in [3.8, 4) is 0 Å². The normalized spacial score (nSPS) is 17.8. The molecular formula is C17H24FN3O2.